The fraction of sp³-hybridized carbons (Fsp3) is 0.312. The molecule has 3 N–H and O–H groups in total. The zero-order valence-corrected chi connectivity index (χ0v) is 13.3. The van der Waals surface area contributed by atoms with Crippen molar-refractivity contribution in [2.75, 3.05) is 13.2 Å². The highest BCUT2D eigenvalue weighted by Gasteiger charge is 2.17. The van der Waals surface area contributed by atoms with Gasteiger partial charge in [0.2, 0.25) is 0 Å². The van der Waals surface area contributed by atoms with Gasteiger partial charge in [0, 0.05) is 6.54 Å². The summed E-state index contributed by atoms with van der Waals surface area (Å²) in [5, 5.41) is 18.3. The predicted molar refractivity (Wildman–Crippen MR) is 84.6 cm³/mol. The fourth-order valence-electron chi connectivity index (χ4n) is 1.98. The molecule has 128 valence electrons. The molecule has 0 aliphatic heterocycles. The molecule has 0 bridgehead atoms. The van der Waals surface area contributed by atoms with Crippen molar-refractivity contribution in [2.24, 2.45) is 0 Å². The second-order valence-electron chi connectivity index (χ2n) is 5.27. The summed E-state index contributed by atoms with van der Waals surface area (Å²) in [6.07, 6.45) is -0.985. The van der Waals surface area contributed by atoms with Crippen molar-refractivity contribution >= 4 is 5.91 Å². The average molecular weight is 335 g/mol. The largest absolute Gasteiger partial charge is 0.491 e. The topological polar surface area (TPSA) is 104 Å². The van der Waals surface area contributed by atoms with Crippen LogP contribution in [0.15, 0.2) is 29.1 Å². The number of aromatic amines is 1. The number of carbonyl (C=O) groups is 1. The minimum Gasteiger partial charge on any atom is -0.491 e. The number of halogens is 1. The molecule has 1 atom stereocenters. The summed E-state index contributed by atoms with van der Waals surface area (Å²) >= 11 is 0. The fourth-order valence-corrected chi connectivity index (χ4v) is 1.98. The standard InChI is InChI=1S/C16H18FN3O4/c1-9-10(2)19-20-16(23)14(9)15(22)18-7-12(21)8-24-13-5-3-11(17)4-6-13/h3-6,12,21H,7-8H2,1-2H3,(H,18,22)(H,20,23). The minimum absolute atomic E-state index is 0.0332. The van der Waals surface area contributed by atoms with Crippen LogP contribution < -0.4 is 15.6 Å². The van der Waals surface area contributed by atoms with E-state index in [4.69, 9.17) is 4.74 Å². The van der Waals surface area contributed by atoms with Crippen LogP contribution in [0.3, 0.4) is 0 Å². The Morgan fingerprint density at radius 3 is 2.71 bits per heavy atom. The van der Waals surface area contributed by atoms with E-state index in [-0.39, 0.29) is 24.5 Å². The summed E-state index contributed by atoms with van der Waals surface area (Å²) in [6.45, 7) is 3.12. The lowest BCUT2D eigenvalue weighted by Crippen LogP contribution is -2.38. The second-order valence-corrected chi connectivity index (χ2v) is 5.27. The van der Waals surface area contributed by atoms with E-state index in [1.54, 1.807) is 13.8 Å². The van der Waals surface area contributed by atoms with Gasteiger partial charge in [-0.3, -0.25) is 9.59 Å². The van der Waals surface area contributed by atoms with Crippen LogP contribution in [0.5, 0.6) is 5.75 Å². The molecule has 1 heterocycles. The van der Waals surface area contributed by atoms with Crippen molar-refractivity contribution in [3.05, 3.63) is 57.3 Å². The smallest absolute Gasteiger partial charge is 0.277 e. The first-order chi connectivity index (χ1) is 11.4. The van der Waals surface area contributed by atoms with Crippen molar-refractivity contribution in [3.8, 4) is 5.75 Å². The summed E-state index contributed by atoms with van der Waals surface area (Å²) < 4.78 is 18.0. The Labute approximate surface area is 137 Å². The van der Waals surface area contributed by atoms with Crippen LogP contribution in [-0.2, 0) is 0 Å². The van der Waals surface area contributed by atoms with Gasteiger partial charge >= 0.3 is 0 Å². The van der Waals surface area contributed by atoms with Crippen LogP contribution in [0.25, 0.3) is 0 Å². The lowest BCUT2D eigenvalue weighted by Gasteiger charge is -2.14. The molecule has 2 aromatic rings. The molecule has 1 unspecified atom stereocenters. The molecular formula is C16H18FN3O4. The third-order valence-corrected chi connectivity index (χ3v) is 3.45. The third kappa shape index (κ3) is 4.39. The van der Waals surface area contributed by atoms with E-state index in [0.717, 1.165) is 0 Å². The van der Waals surface area contributed by atoms with Crippen molar-refractivity contribution in [1.82, 2.24) is 15.5 Å². The van der Waals surface area contributed by atoms with Crippen LogP contribution in [0, 0.1) is 19.7 Å². The highest BCUT2D eigenvalue weighted by atomic mass is 19.1. The number of hydrogen-bond donors (Lipinski definition) is 3. The quantitative estimate of drug-likeness (QED) is 0.721. The van der Waals surface area contributed by atoms with Gasteiger partial charge in [0.15, 0.2) is 0 Å². The zero-order chi connectivity index (χ0) is 17.7. The lowest BCUT2D eigenvalue weighted by atomic mass is 10.1. The molecule has 0 saturated carbocycles. The summed E-state index contributed by atoms with van der Waals surface area (Å²) in [5.41, 5.74) is 0.398. The minimum atomic E-state index is -0.985. The number of hydrogen-bond acceptors (Lipinski definition) is 5. The molecule has 24 heavy (non-hydrogen) atoms. The number of rotatable bonds is 6. The molecule has 0 saturated heterocycles. The maximum atomic E-state index is 12.8. The molecule has 0 aliphatic rings. The van der Waals surface area contributed by atoms with Crippen LogP contribution >= 0.6 is 0 Å². The number of carbonyl (C=O) groups excluding carboxylic acids is 1. The van der Waals surface area contributed by atoms with E-state index < -0.39 is 17.6 Å². The molecule has 7 nitrogen and oxygen atoms in total. The average Bonchev–Trinajstić information content (AvgIpc) is 2.56. The van der Waals surface area contributed by atoms with Crippen LogP contribution in [0.1, 0.15) is 21.6 Å². The van der Waals surface area contributed by atoms with E-state index in [1.807, 2.05) is 0 Å². The summed E-state index contributed by atoms with van der Waals surface area (Å²) in [7, 11) is 0. The molecule has 0 spiro atoms. The Morgan fingerprint density at radius 2 is 2.04 bits per heavy atom. The number of amides is 1. The number of aliphatic hydroxyl groups excluding tert-OH is 1. The number of ether oxygens (including phenoxy) is 1. The number of aliphatic hydroxyl groups is 1. The summed E-state index contributed by atoms with van der Waals surface area (Å²) in [5.74, 6) is -0.581. The van der Waals surface area contributed by atoms with E-state index >= 15 is 0 Å². The Hall–Kier alpha value is -2.74. The molecule has 0 radical (unpaired) electrons. The Balaban J connectivity index is 1.88. The van der Waals surface area contributed by atoms with Gasteiger partial charge in [-0.05, 0) is 43.7 Å². The van der Waals surface area contributed by atoms with Crippen LogP contribution in [0.2, 0.25) is 0 Å². The highest BCUT2D eigenvalue weighted by Crippen LogP contribution is 2.11. The van der Waals surface area contributed by atoms with Crippen molar-refractivity contribution in [2.45, 2.75) is 20.0 Å². The number of aromatic nitrogens is 2. The Morgan fingerprint density at radius 1 is 1.38 bits per heavy atom. The second kappa shape index (κ2) is 7.69. The number of nitrogens with zero attached hydrogens (tertiary/aromatic N) is 1. The maximum absolute atomic E-state index is 12.8. The van der Waals surface area contributed by atoms with Crippen molar-refractivity contribution in [3.63, 3.8) is 0 Å². The Bertz CT molecular complexity index is 774. The normalized spacial score (nSPS) is 11.8. The molecule has 0 aliphatic carbocycles. The van der Waals surface area contributed by atoms with Crippen LogP contribution in [-0.4, -0.2) is 40.5 Å². The monoisotopic (exact) mass is 335 g/mol. The number of aryl methyl sites for hydroxylation is 1. The third-order valence-electron chi connectivity index (χ3n) is 3.45. The van der Waals surface area contributed by atoms with E-state index in [9.17, 15) is 19.1 Å². The zero-order valence-electron chi connectivity index (χ0n) is 13.3. The van der Waals surface area contributed by atoms with Gasteiger partial charge in [-0.15, -0.1) is 0 Å². The van der Waals surface area contributed by atoms with E-state index in [0.29, 0.717) is 17.0 Å². The van der Waals surface area contributed by atoms with E-state index in [1.165, 1.54) is 24.3 Å². The van der Waals surface area contributed by atoms with Gasteiger partial charge in [-0.25, -0.2) is 9.49 Å². The highest BCUT2D eigenvalue weighted by molar-refractivity contribution is 5.95. The van der Waals surface area contributed by atoms with Crippen LogP contribution in [0.4, 0.5) is 4.39 Å². The number of H-pyrrole nitrogens is 1. The van der Waals surface area contributed by atoms with E-state index in [2.05, 4.69) is 15.5 Å². The number of nitrogens with one attached hydrogen (secondary N) is 2. The first-order valence-corrected chi connectivity index (χ1v) is 7.29. The summed E-state index contributed by atoms with van der Waals surface area (Å²) in [6, 6.07) is 5.35. The molecular weight excluding hydrogens is 317 g/mol. The molecule has 1 aromatic heterocycles. The van der Waals surface area contributed by atoms with Gasteiger partial charge in [0.05, 0.1) is 5.69 Å². The maximum Gasteiger partial charge on any atom is 0.277 e. The van der Waals surface area contributed by atoms with Crippen molar-refractivity contribution in [1.29, 1.82) is 0 Å². The van der Waals surface area contributed by atoms with Gasteiger partial charge in [0.1, 0.15) is 29.8 Å². The van der Waals surface area contributed by atoms with Gasteiger partial charge < -0.3 is 15.2 Å². The number of benzene rings is 1. The molecule has 2 rings (SSSR count). The van der Waals surface area contributed by atoms with Gasteiger partial charge in [-0.2, -0.15) is 5.10 Å². The lowest BCUT2D eigenvalue weighted by molar-refractivity contribution is 0.0841. The first kappa shape index (κ1) is 17.6. The van der Waals surface area contributed by atoms with Gasteiger partial charge in [0.25, 0.3) is 11.5 Å². The molecule has 8 heteroatoms. The first-order valence-electron chi connectivity index (χ1n) is 7.29. The Kier molecular flexibility index (Phi) is 5.64. The SMILES string of the molecule is Cc1n[nH]c(=O)c(C(=O)NCC(O)COc2ccc(F)cc2)c1C. The van der Waals surface area contributed by atoms with Crippen molar-refractivity contribution < 1.29 is 19.0 Å². The molecule has 0 fully saturated rings. The predicted octanol–water partition coefficient (Wildman–Crippen LogP) is 0.696. The summed E-state index contributed by atoms with van der Waals surface area (Å²) in [4.78, 5) is 23.8. The molecule has 1 aromatic carbocycles. The van der Waals surface area contributed by atoms with Gasteiger partial charge in [-0.1, -0.05) is 0 Å². The molecule has 1 amide bonds.